The molecule has 3 rings (SSSR count). The second-order valence-electron chi connectivity index (χ2n) is 7.17. The lowest BCUT2D eigenvalue weighted by atomic mass is 9.71. The van der Waals surface area contributed by atoms with Crippen molar-refractivity contribution < 1.29 is 44.8 Å². The third kappa shape index (κ3) is 4.67. The first-order valence-electron chi connectivity index (χ1n) is 9.12. The normalized spacial score (nSPS) is 38.4. The molecule has 2 aliphatic rings. The number of ether oxygens (including phenoxy) is 3. The fourth-order valence-corrected chi connectivity index (χ4v) is 3.44. The maximum Gasteiger partial charge on any atom is 0.189 e. The summed E-state index contributed by atoms with van der Waals surface area (Å²) in [6.45, 7) is -0.290. The molecule has 0 spiro atoms. The first-order chi connectivity index (χ1) is 13.4. The molecule has 0 bridgehead atoms. The zero-order valence-corrected chi connectivity index (χ0v) is 15.2. The quantitative estimate of drug-likeness (QED) is 0.178. The molecule has 1 saturated carbocycles. The highest BCUT2D eigenvalue weighted by Gasteiger charge is 2.44. The molecule has 1 saturated heterocycles. The zero-order chi connectivity index (χ0) is 20.3. The minimum Gasteiger partial charge on any atom is -0.396 e. The van der Waals surface area contributed by atoms with Gasteiger partial charge in [-0.1, -0.05) is 5.21 Å². The van der Waals surface area contributed by atoms with Crippen molar-refractivity contribution in [1.82, 2.24) is 15.0 Å². The Morgan fingerprint density at radius 2 is 1.89 bits per heavy atom. The molecule has 0 amide bonds. The molecule has 12 nitrogen and oxygen atoms in total. The molecule has 6 N–H and O–H groups in total. The Hall–Kier alpha value is -1.22. The van der Waals surface area contributed by atoms with Gasteiger partial charge in [0.15, 0.2) is 13.1 Å². The lowest BCUT2D eigenvalue weighted by Crippen LogP contribution is -2.59. The predicted octanol–water partition coefficient (Wildman–Crippen LogP) is -3.44. The fraction of sp³-hybridized carbons (Fsp3) is 0.875. The van der Waals surface area contributed by atoms with E-state index in [1.165, 1.54) is 0 Å². The molecule has 2 fully saturated rings. The zero-order valence-electron chi connectivity index (χ0n) is 15.2. The van der Waals surface area contributed by atoms with Crippen LogP contribution in [-0.4, -0.2) is 102 Å². The van der Waals surface area contributed by atoms with Crippen molar-refractivity contribution in [2.24, 2.45) is 11.8 Å². The van der Waals surface area contributed by atoms with Crippen LogP contribution in [-0.2, 0) is 27.4 Å². The van der Waals surface area contributed by atoms with Gasteiger partial charge in [0.1, 0.15) is 30.1 Å². The molecule has 12 heteroatoms. The van der Waals surface area contributed by atoms with Gasteiger partial charge in [-0.2, -0.15) is 0 Å². The van der Waals surface area contributed by atoms with E-state index in [2.05, 4.69) is 10.3 Å². The fourth-order valence-electron chi connectivity index (χ4n) is 3.44. The highest BCUT2D eigenvalue weighted by molar-refractivity contribution is 4.93. The summed E-state index contributed by atoms with van der Waals surface area (Å²) in [5, 5.41) is 65.3. The lowest BCUT2D eigenvalue weighted by molar-refractivity contribution is -0.317. The van der Waals surface area contributed by atoms with E-state index < -0.39 is 43.4 Å². The van der Waals surface area contributed by atoms with Gasteiger partial charge in [0, 0.05) is 19.1 Å². The van der Waals surface area contributed by atoms with Crippen LogP contribution in [0.2, 0.25) is 0 Å². The van der Waals surface area contributed by atoms with Crippen LogP contribution in [0, 0.1) is 11.8 Å². The van der Waals surface area contributed by atoms with Crippen LogP contribution in [0.1, 0.15) is 12.1 Å². The number of nitrogens with zero attached hydrogens (tertiary/aromatic N) is 3. The molecule has 1 aromatic heterocycles. The topological polar surface area (TPSA) is 180 Å². The van der Waals surface area contributed by atoms with Gasteiger partial charge >= 0.3 is 0 Å². The Morgan fingerprint density at radius 1 is 1.11 bits per heavy atom. The van der Waals surface area contributed by atoms with E-state index in [-0.39, 0.29) is 31.8 Å². The third-order valence-corrected chi connectivity index (χ3v) is 5.28. The SMILES string of the molecule is OCC1CC(O)C1Cn1cc(COCOC2OC(CO)C(O)C(O)C2O)nn1. The third-order valence-electron chi connectivity index (χ3n) is 5.28. The number of hydrogen-bond acceptors (Lipinski definition) is 11. The second kappa shape index (κ2) is 9.52. The van der Waals surface area contributed by atoms with Gasteiger partial charge in [-0.05, 0) is 12.3 Å². The van der Waals surface area contributed by atoms with Gasteiger partial charge in [-0.3, -0.25) is 4.68 Å². The summed E-state index contributed by atoms with van der Waals surface area (Å²) < 4.78 is 17.3. The van der Waals surface area contributed by atoms with Gasteiger partial charge in [0.2, 0.25) is 0 Å². The number of hydrogen-bond donors (Lipinski definition) is 6. The van der Waals surface area contributed by atoms with Crippen LogP contribution >= 0.6 is 0 Å². The minimum absolute atomic E-state index is 0.0294. The van der Waals surface area contributed by atoms with Crippen LogP contribution in [0.25, 0.3) is 0 Å². The summed E-state index contributed by atoms with van der Waals surface area (Å²) in [5.41, 5.74) is 0.520. The highest BCUT2D eigenvalue weighted by Crippen LogP contribution is 2.35. The van der Waals surface area contributed by atoms with Crippen molar-refractivity contribution in [1.29, 1.82) is 0 Å². The van der Waals surface area contributed by atoms with Crippen molar-refractivity contribution in [2.45, 2.75) is 56.4 Å². The molecule has 160 valence electrons. The molecule has 1 aromatic rings. The van der Waals surface area contributed by atoms with Gasteiger partial charge < -0.3 is 44.8 Å². The largest absolute Gasteiger partial charge is 0.396 e. The molecule has 8 atom stereocenters. The summed E-state index contributed by atoms with van der Waals surface area (Å²) >= 11 is 0. The van der Waals surface area contributed by atoms with Crippen molar-refractivity contribution in [3.63, 3.8) is 0 Å². The first-order valence-corrected chi connectivity index (χ1v) is 9.12. The summed E-state index contributed by atoms with van der Waals surface area (Å²) in [6, 6.07) is 0. The van der Waals surface area contributed by atoms with Gasteiger partial charge in [-0.25, -0.2) is 0 Å². The Bertz CT molecular complexity index is 616. The van der Waals surface area contributed by atoms with Gasteiger partial charge in [-0.15, -0.1) is 5.10 Å². The van der Waals surface area contributed by atoms with Gasteiger partial charge in [0.05, 0.1) is 25.5 Å². The molecule has 1 aliphatic carbocycles. The van der Waals surface area contributed by atoms with Crippen molar-refractivity contribution in [2.75, 3.05) is 20.0 Å². The Morgan fingerprint density at radius 3 is 2.57 bits per heavy atom. The minimum atomic E-state index is -1.51. The number of aromatic nitrogens is 3. The van der Waals surface area contributed by atoms with E-state index in [1.807, 2.05) is 0 Å². The van der Waals surface area contributed by atoms with E-state index in [0.717, 1.165) is 0 Å². The van der Waals surface area contributed by atoms with E-state index in [9.17, 15) is 25.5 Å². The van der Waals surface area contributed by atoms with Crippen LogP contribution in [0.3, 0.4) is 0 Å². The van der Waals surface area contributed by atoms with Crippen molar-refractivity contribution >= 4 is 0 Å². The van der Waals surface area contributed by atoms with E-state index in [0.29, 0.717) is 18.7 Å². The number of aliphatic hydroxyl groups excluding tert-OH is 6. The molecule has 8 unspecified atom stereocenters. The summed E-state index contributed by atoms with van der Waals surface area (Å²) in [5.74, 6) is 0.000764. The summed E-state index contributed by atoms with van der Waals surface area (Å²) in [7, 11) is 0. The van der Waals surface area contributed by atoms with Crippen LogP contribution in [0.15, 0.2) is 6.20 Å². The Labute approximate surface area is 160 Å². The van der Waals surface area contributed by atoms with E-state index >= 15 is 0 Å². The standard InChI is InChI=1S/C16H27N3O9/c20-4-8-1-11(22)10(8)3-19-2-9(17-18-19)6-26-7-27-16-15(25)14(24)13(23)12(5-21)28-16/h2,8,10-16,20-25H,1,3-7H2. The molecule has 0 radical (unpaired) electrons. The molecular weight excluding hydrogens is 378 g/mol. The Kier molecular flexibility index (Phi) is 7.31. The molecule has 2 heterocycles. The van der Waals surface area contributed by atoms with Crippen molar-refractivity contribution in [3.8, 4) is 0 Å². The maximum atomic E-state index is 9.86. The summed E-state index contributed by atoms with van der Waals surface area (Å²) in [4.78, 5) is 0. The number of rotatable bonds is 9. The van der Waals surface area contributed by atoms with Crippen LogP contribution < -0.4 is 0 Å². The van der Waals surface area contributed by atoms with Gasteiger partial charge in [0.25, 0.3) is 0 Å². The second-order valence-corrected chi connectivity index (χ2v) is 7.17. The highest BCUT2D eigenvalue weighted by atomic mass is 16.8. The average molecular weight is 405 g/mol. The van der Waals surface area contributed by atoms with Crippen LogP contribution in [0.4, 0.5) is 0 Å². The average Bonchev–Trinajstić information content (AvgIpc) is 3.14. The molecule has 1 aliphatic heterocycles. The van der Waals surface area contributed by atoms with Crippen LogP contribution in [0.5, 0.6) is 0 Å². The molecular formula is C16H27N3O9. The maximum absolute atomic E-state index is 9.86. The Balaban J connectivity index is 1.40. The monoisotopic (exact) mass is 405 g/mol. The lowest BCUT2D eigenvalue weighted by Gasteiger charge is -2.40. The predicted molar refractivity (Wildman–Crippen MR) is 89.2 cm³/mol. The van der Waals surface area contributed by atoms with E-state index in [1.54, 1.807) is 10.9 Å². The number of aliphatic hydroxyl groups is 6. The smallest absolute Gasteiger partial charge is 0.189 e. The first kappa shape index (κ1) is 21.5. The molecule has 28 heavy (non-hydrogen) atoms. The summed E-state index contributed by atoms with van der Waals surface area (Å²) in [6.07, 6.45) is -4.97. The molecule has 0 aromatic carbocycles. The van der Waals surface area contributed by atoms with E-state index in [4.69, 9.17) is 19.3 Å². The van der Waals surface area contributed by atoms with Crippen molar-refractivity contribution in [3.05, 3.63) is 11.9 Å².